The molecular formula is C12H22F3NO. The van der Waals surface area contributed by atoms with Crippen molar-refractivity contribution in [1.29, 1.82) is 0 Å². The van der Waals surface area contributed by atoms with E-state index in [0.717, 1.165) is 19.4 Å². The summed E-state index contributed by atoms with van der Waals surface area (Å²) >= 11 is 0. The Morgan fingerprint density at radius 2 is 2.06 bits per heavy atom. The number of hydrogen-bond acceptors (Lipinski definition) is 2. The molecule has 0 aromatic rings. The van der Waals surface area contributed by atoms with Crippen molar-refractivity contribution < 1.29 is 17.9 Å². The van der Waals surface area contributed by atoms with Crippen molar-refractivity contribution in [2.24, 2.45) is 5.92 Å². The van der Waals surface area contributed by atoms with E-state index >= 15 is 0 Å². The highest BCUT2D eigenvalue weighted by Crippen LogP contribution is 2.30. The molecule has 1 aliphatic carbocycles. The highest BCUT2D eigenvalue weighted by Gasteiger charge is 2.28. The molecule has 17 heavy (non-hydrogen) atoms. The lowest BCUT2D eigenvalue weighted by Gasteiger charge is -2.30. The van der Waals surface area contributed by atoms with Crippen molar-refractivity contribution in [3.63, 3.8) is 0 Å². The van der Waals surface area contributed by atoms with Crippen LogP contribution >= 0.6 is 0 Å². The van der Waals surface area contributed by atoms with Crippen LogP contribution < -0.4 is 5.32 Å². The molecule has 0 saturated heterocycles. The summed E-state index contributed by atoms with van der Waals surface area (Å²) in [5.74, 6) is 0.679. The smallest absolute Gasteiger partial charge is 0.370 e. The van der Waals surface area contributed by atoms with E-state index in [4.69, 9.17) is 4.74 Å². The normalized spacial score (nSPS) is 19.1. The fraction of sp³-hybridized carbons (Fsp3) is 1.00. The molecule has 1 atom stereocenters. The van der Waals surface area contributed by atoms with Gasteiger partial charge in [-0.25, -0.2) is 0 Å². The van der Waals surface area contributed by atoms with Crippen LogP contribution in [0.1, 0.15) is 39.0 Å². The number of nitrogens with one attached hydrogen (secondary N) is 1. The van der Waals surface area contributed by atoms with Gasteiger partial charge in [0.1, 0.15) is 6.61 Å². The fourth-order valence-corrected chi connectivity index (χ4v) is 2.01. The molecule has 1 unspecified atom stereocenters. The molecule has 1 saturated carbocycles. The predicted octanol–water partition coefficient (Wildman–Crippen LogP) is 3.12. The van der Waals surface area contributed by atoms with Gasteiger partial charge in [0.2, 0.25) is 0 Å². The maximum atomic E-state index is 12.0. The maximum absolute atomic E-state index is 12.0. The molecule has 1 fully saturated rings. The molecule has 5 heteroatoms. The number of ether oxygens (including phenoxy) is 1. The zero-order valence-corrected chi connectivity index (χ0v) is 10.4. The third-order valence-electron chi connectivity index (χ3n) is 3.11. The van der Waals surface area contributed by atoms with E-state index < -0.39 is 12.8 Å². The first-order valence-electron chi connectivity index (χ1n) is 6.39. The average molecular weight is 253 g/mol. The van der Waals surface area contributed by atoms with Crippen molar-refractivity contribution >= 4 is 0 Å². The lowest BCUT2D eigenvalue weighted by Crippen LogP contribution is -2.38. The third-order valence-corrected chi connectivity index (χ3v) is 3.11. The Bertz CT molecular complexity index is 204. The third kappa shape index (κ3) is 6.88. The molecule has 0 bridgehead atoms. The Morgan fingerprint density at radius 1 is 1.35 bits per heavy atom. The second-order valence-corrected chi connectivity index (χ2v) is 4.81. The Labute approximate surface area is 101 Å². The summed E-state index contributed by atoms with van der Waals surface area (Å²) in [7, 11) is 0. The van der Waals surface area contributed by atoms with Gasteiger partial charge in [-0.15, -0.1) is 0 Å². The van der Waals surface area contributed by atoms with Gasteiger partial charge in [-0.3, -0.25) is 0 Å². The fourth-order valence-electron chi connectivity index (χ4n) is 2.01. The van der Waals surface area contributed by atoms with E-state index in [1.165, 1.54) is 19.3 Å². The molecule has 0 heterocycles. The van der Waals surface area contributed by atoms with Crippen LogP contribution in [0.2, 0.25) is 0 Å². The molecule has 1 rings (SSSR count). The van der Waals surface area contributed by atoms with E-state index in [1.807, 2.05) is 6.92 Å². The zero-order chi connectivity index (χ0) is 12.7. The summed E-state index contributed by atoms with van der Waals surface area (Å²) in [5.41, 5.74) is 0. The molecule has 2 nitrogen and oxygen atoms in total. The van der Waals surface area contributed by atoms with Crippen LogP contribution in [0, 0.1) is 5.92 Å². The van der Waals surface area contributed by atoms with Gasteiger partial charge in [0.05, 0.1) is 6.61 Å². The van der Waals surface area contributed by atoms with Crippen LogP contribution in [0.15, 0.2) is 0 Å². The van der Waals surface area contributed by atoms with Crippen molar-refractivity contribution in [2.75, 3.05) is 19.8 Å². The molecule has 0 aliphatic heterocycles. The van der Waals surface area contributed by atoms with Gasteiger partial charge in [0.25, 0.3) is 0 Å². The zero-order valence-electron chi connectivity index (χ0n) is 10.4. The quantitative estimate of drug-likeness (QED) is 0.717. The predicted molar refractivity (Wildman–Crippen MR) is 60.9 cm³/mol. The summed E-state index contributed by atoms with van der Waals surface area (Å²) in [5, 5.41) is 3.26. The number of halogens is 3. The lowest BCUT2D eigenvalue weighted by molar-refractivity contribution is -0.175. The standard InChI is InChI=1S/C12H22F3NO/c1-2-6-16-11(7-10-4-3-5-10)8-17-9-12(13,14)15/h10-11,16H,2-9H2,1H3. The summed E-state index contributed by atoms with van der Waals surface area (Å²) in [6.45, 7) is 1.91. The molecule has 0 radical (unpaired) electrons. The first kappa shape index (κ1) is 14.8. The van der Waals surface area contributed by atoms with E-state index in [9.17, 15) is 13.2 Å². The van der Waals surface area contributed by atoms with Crippen LogP contribution in [-0.4, -0.2) is 32.0 Å². The van der Waals surface area contributed by atoms with Crippen LogP contribution in [0.3, 0.4) is 0 Å². The second-order valence-electron chi connectivity index (χ2n) is 4.81. The molecular weight excluding hydrogens is 231 g/mol. The minimum atomic E-state index is -4.22. The van der Waals surface area contributed by atoms with Gasteiger partial charge in [-0.05, 0) is 25.3 Å². The Morgan fingerprint density at radius 3 is 2.53 bits per heavy atom. The topological polar surface area (TPSA) is 21.3 Å². The van der Waals surface area contributed by atoms with Crippen LogP contribution in [0.25, 0.3) is 0 Å². The second kappa shape index (κ2) is 7.21. The number of rotatable bonds is 8. The van der Waals surface area contributed by atoms with Gasteiger partial charge < -0.3 is 10.1 Å². The molecule has 0 aromatic heterocycles. The van der Waals surface area contributed by atoms with Gasteiger partial charge >= 0.3 is 6.18 Å². The first-order valence-corrected chi connectivity index (χ1v) is 6.39. The largest absolute Gasteiger partial charge is 0.411 e. The lowest BCUT2D eigenvalue weighted by atomic mass is 9.81. The molecule has 0 spiro atoms. The highest BCUT2D eigenvalue weighted by atomic mass is 19.4. The average Bonchev–Trinajstić information content (AvgIpc) is 2.16. The van der Waals surface area contributed by atoms with Crippen molar-refractivity contribution in [1.82, 2.24) is 5.32 Å². The van der Waals surface area contributed by atoms with Gasteiger partial charge in [0.15, 0.2) is 0 Å². The molecule has 1 aliphatic rings. The minimum absolute atomic E-state index is 0.0719. The number of alkyl halides is 3. The highest BCUT2D eigenvalue weighted by molar-refractivity contribution is 4.77. The summed E-state index contributed by atoms with van der Waals surface area (Å²) in [6, 6.07) is 0.0719. The molecule has 1 N–H and O–H groups in total. The number of hydrogen-bond donors (Lipinski definition) is 1. The van der Waals surface area contributed by atoms with Crippen molar-refractivity contribution in [3.8, 4) is 0 Å². The van der Waals surface area contributed by atoms with Gasteiger partial charge in [-0.1, -0.05) is 26.2 Å². The minimum Gasteiger partial charge on any atom is -0.370 e. The van der Waals surface area contributed by atoms with Crippen molar-refractivity contribution in [2.45, 2.75) is 51.2 Å². The van der Waals surface area contributed by atoms with E-state index in [1.54, 1.807) is 0 Å². The summed E-state index contributed by atoms with van der Waals surface area (Å²) in [4.78, 5) is 0. The monoisotopic (exact) mass is 253 g/mol. The summed E-state index contributed by atoms with van der Waals surface area (Å²) in [6.07, 6.45) is 1.39. The Kier molecular flexibility index (Phi) is 6.27. The Hall–Kier alpha value is -0.290. The Balaban J connectivity index is 2.19. The van der Waals surface area contributed by atoms with Gasteiger partial charge in [0, 0.05) is 6.04 Å². The van der Waals surface area contributed by atoms with Crippen LogP contribution in [0.4, 0.5) is 13.2 Å². The molecule has 0 aromatic carbocycles. The van der Waals surface area contributed by atoms with E-state index in [0.29, 0.717) is 5.92 Å². The van der Waals surface area contributed by atoms with Gasteiger partial charge in [-0.2, -0.15) is 13.2 Å². The van der Waals surface area contributed by atoms with E-state index in [-0.39, 0.29) is 12.6 Å². The SMILES string of the molecule is CCCNC(COCC(F)(F)F)CC1CCC1. The van der Waals surface area contributed by atoms with Crippen LogP contribution in [-0.2, 0) is 4.74 Å². The van der Waals surface area contributed by atoms with Crippen molar-refractivity contribution in [3.05, 3.63) is 0 Å². The summed E-state index contributed by atoms with van der Waals surface area (Å²) < 4.78 is 40.6. The molecule has 102 valence electrons. The van der Waals surface area contributed by atoms with Crippen LogP contribution in [0.5, 0.6) is 0 Å². The maximum Gasteiger partial charge on any atom is 0.411 e. The molecule has 0 amide bonds. The first-order chi connectivity index (χ1) is 8.01. The van der Waals surface area contributed by atoms with E-state index in [2.05, 4.69) is 5.32 Å².